The van der Waals surface area contributed by atoms with Gasteiger partial charge in [0.25, 0.3) is 11.5 Å². The average Bonchev–Trinajstić information content (AvgIpc) is 3.47. The van der Waals surface area contributed by atoms with Crippen molar-refractivity contribution in [2.75, 3.05) is 48.9 Å². The Kier molecular flexibility index (Phi) is 9.63. The highest BCUT2D eigenvalue weighted by atomic mass is 35.5. The summed E-state index contributed by atoms with van der Waals surface area (Å²) in [5.74, 6) is -0.836. The molecular formula is C36H38ClFN10O5. The Balaban J connectivity index is 1.05. The number of rotatable bonds is 9. The fourth-order valence-electron chi connectivity index (χ4n) is 7.00. The molecule has 0 aliphatic carbocycles. The van der Waals surface area contributed by atoms with Gasteiger partial charge in [0, 0.05) is 63.3 Å². The van der Waals surface area contributed by atoms with Gasteiger partial charge < -0.3 is 29.7 Å². The molecule has 3 amide bonds. The smallest absolute Gasteiger partial charge is 0.293 e. The minimum Gasteiger partial charge on any atom is -0.478 e. The highest BCUT2D eigenvalue weighted by molar-refractivity contribution is 6.33. The van der Waals surface area contributed by atoms with Crippen LogP contribution in [0.1, 0.15) is 30.9 Å². The summed E-state index contributed by atoms with van der Waals surface area (Å²) in [6.45, 7) is 0.425. The fourth-order valence-corrected chi connectivity index (χ4v) is 7.13. The second kappa shape index (κ2) is 14.3. The van der Waals surface area contributed by atoms with Crippen LogP contribution in [0, 0.1) is 0 Å². The molecule has 2 fully saturated rings. The van der Waals surface area contributed by atoms with Crippen molar-refractivity contribution < 1.29 is 23.5 Å². The van der Waals surface area contributed by atoms with Crippen molar-refractivity contribution in [3.05, 3.63) is 69.7 Å². The van der Waals surface area contributed by atoms with Crippen LogP contribution in [-0.4, -0.2) is 88.0 Å². The zero-order chi connectivity index (χ0) is 37.6. The minimum atomic E-state index is -1.24. The zero-order valence-electron chi connectivity index (χ0n) is 29.5. The predicted octanol–water partition coefficient (Wildman–Crippen LogP) is 3.31. The molecule has 0 bridgehead atoms. The topological polar surface area (TPSA) is 169 Å². The molecule has 0 radical (unpaired) electrons. The Labute approximate surface area is 308 Å². The molecule has 0 spiro atoms. The number of nitrogens with one attached hydrogen (secondary N) is 3. The first-order valence-electron chi connectivity index (χ1n) is 17.1. The van der Waals surface area contributed by atoms with Crippen LogP contribution in [0.5, 0.6) is 5.75 Å². The number of alkyl halides is 1. The van der Waals surface area contributed by atoms with Crippen molar-refractivity contribution in [1.82, 2.24) is 34.9 Å². The monoisotopic (exact) mass is 744 g/mol. The van der Waals surface area contributed by atoms with Crippen LogP contribution in [0.2, 0.25) is 5.02 Å². The Hall–Kier alpha value is -5.77. The van der Waals surface area contributed by atoms with Crippen LogP contribution in [0.3, 0.4) is 0 Å². The first-order chi connectivity index (χ1) is 25.4. The van der Waals surface area contributed by atoms with Gasteiger partial charge in [0.15, 0.2) is 18.2 Å². The van der Waals surface area contributed by atoms with Gasteiger partial charge in [-0.3, -0.25) is 29.2 Å². The second-order valence-corrected chi connectivity index (χ2v) is 13.6. The number of piperidine rings is 2. The first kappa shape index (κ1) is 35.6. The molecule has 2 aliphatic heterocycles. The third kappa shape index (κ3) is 6.93. The van der Waals surface area contributed by atoms with Gasteiger partial charge in [-0.1, -0.05) is 11.6 Å². The van der Waals surface area contributed by atoms with Crippen molar-refractivity contribution >= 4 is 74.3 Å². The number of nitrogens with zero attached hydrogens (tertiary/aromatic N) is 7. The number of hydrogen-bond acceptors (Lipinski definition) is 11. The quantitative estimate of drug-likeness (QED) is 0.190. The standard InChI is InChI=1S/C36H38ClFN10O5/c1-39-31(50)18-53-29-14-19-13-20(5-9-26(19)45(2)35(29)52)41-33-24(37)16-40-36(43-33)46(3)27-11-12-48(17-25(27)38)21-6-7-22-28(15-21)47(4)44-32(22)23-8-10-30(49)42-34(23)51/h5-7,9,13-16,23,25,27H,8,10-12,17-18H2,1-4H3,(H,39,50)(H,40,41,43)(H,42,49,51)/t23?,25-,27?/m0/s1. The number of anilines is 4. The molecule has 53 heavy (non-hydrogen) atoms. The van der Waals surface area contributed by atoms with Crippen LogP contribution in [-0.2, 0) is 28.5 Å². The van der Waals surface area contributed by atoms with Crippen LogP contribution in [0.25, 0.3) is 21.8 Å². The third-order valence-corrected chi connectivity index (χ3v) is 10.2. The number of halogens is 2. The summed E-state index contributed by atoms with van der Waals surface area (Å²) in [5.41, 5.74) is 3.19. The summed E-state index contributed by atoms with van der Waals surface area (Å²) in [6, 6.07) is 12.2. The maximum Gasteiger partial charge on any atom is 0.293 e. The number of benzene rings is 2. The summed E-state index contributed by atoms with van der Waals surface area (Å²) >= 11 is 6.51. The number of likely N-dealkylation sites (N-methyl/N-ethyl adjacent to an activating group) is 1. The SMILES string of the molecule is CNC(=O)COc1cc2cc(Nc3nc(N(C)C4CCN(c5ccc6c(C7CCC(=O)NC7=O)nn(C)c6c5)C[C@@H]4F)ncc3Cl)ccc2n(C)c1=O. The van der Waals surface area contributed by atoms with Crippen molar-refractivity contribution in [2.24, 2.45) is 14.1 Å². The Morgan fingerprint density at radius 2 is 1.92 bits per heavy atom. The van der Waals surface area contributed by atoms with Crippen molar-refractivity contribution in [1.29, 1.82) is 0 Å². The Bertz CT molecular complexity index is 2330. The number of pyridine rings is 1. The van der Waals surface area contributed by atoms with E-state index < -0.39 is 18.1 Å². The van der Waals surface area contributed by atoms with E-state index >= 15 is 4.39 Å². The minimum absolute atomic E-state index is 0.0352. The summed E-state index contributed by atoms with van der Waals surface area (Å²) in [5, 5.41) is 14.5. The number of aromatic nitrogens is 5. The number of amides is 3. The first-order valence-corrected chi connectivity index (χ1v) is 17.5. The molecule has 5 heterocycles. The van der Waals surface area contributed by atoms with Gasteiger partial charge in [-0.05, 0) is 55.3 Å². The van der Waals surface area contributed by atoms with E-state index in [1.807, 2.05) is 30.1 Å². The number of carbonyl (C=O) groups excluding carboxylic acids is 3. The van der Waals surface area contributed by atoms with Gasteiger partial charge in [-0.2, -0.15) is 10.1 Å². The van der Waals surface area contributed by atoms with E-state index in [0.717, 1.165) is 16.6 Å². The molecule has 2 saturated heterocycles. The second-order valence-electron chi connectivity index (χ2n) is 13.2. The van der Waals surface area contributed by atoms with Gasteiger partial charge in [-0.15, -0.1) is 0 Å². The molecule has 2 aliphatic rings. The van der Waals surface area contributed by atoms with E-state index in [1.165, 1.54) is 17.8 Å². The van der Waals surface area contributed by atoms with Crippen LogP contribution in [0.4, 0.5) is 27.5 Å². The summed E-state index contributed by atoms with van der Waals surface area (Å²) in [4.78, 5) is 61.5. The maximum absolute atomic E-state index is 16.0. The highest BCUT2D eigenvalue weighted by Crippen LogP contribution is 2.34. The van der Waals surface area contributed by atoms with Crippen molar-refractivity contribution in [3.8, 4) is 5.75 Å². The number of imide groups is 1. The zero-order valence-corrected chi connectivity index (χ0v) is 30.3. The largest absolute Gasteiger partial charge is 0.478 e. The third-order valence-electron chi connectivity index (χ3n) is 9.94. The molecule has 3 aromatic heterocycles. The summed E-state index contributed by atoms with van der Waals surface area (Å²) in [7, 11) is 6.67. The van der Waals surface area contributed by atoms with E-state index in [1.54, 1.807) is 47.9 Å². The molecule has 15 nitrogen and oxygen atoms in total. The highest BCUT2D eigenvalue weighted by Gasteiger charge is 2.35. The Morgan fingerprint density at radius 1 is 1.11 bits per heavy atom. The molecular weight excluding hydrogens is 707 g/mol. The molecule has 7 rings (SSSR count). The van der Waals surface area contributed by atoms with Crippen molar-refractivity contribution in [3.63, 3.8) is 0 Å². The number of hydrogen-bond donors (Lipinski definition) is 3. The summed E-state index contributed by atoms with van der Waals surface area (Å²) < 4.78 is 24.6. The van der Waals surface area contributed by atoms with Crippen LogP contribution < -0.4 is 36.0 Å². The van der Waals surface area contributed by atoms with Crippen LogP contribution in [0.15, 0.2) is 53.5 Å². The van der Waals surface area contributed by atoms with Gasteiger partial charge in [0.05, 0.1) is 41.4 Å². The normalized spacial score (nSPS) is 19.0. The number of ether oxygens (including phenoxy) is 1. The average molecular weight is 745 g/mol. The predicted molar refractivity (Wildman–Crippen MR) is 199 cm³/mol. The van der Waals surface area contributed by atoms with E-state index in [4.69, 9.17) is 16.3 Å². The van der Waals surface area contributed by atoms with Crippen LogP contribution >= 0.6 is 11.6 Å². The van der Waals surface area contributed by atoms with E-state index in [-0.39, 0.29) is 53.6 Å². The lowest BCUT2D eigenvalue weighted by atomic mass is 9.92. The Morgan fingerprint density at radius 3 is 2.68 bits per heavy atom. The fraction of sp³-hybridized carbons (Fsp3) is 0.361. The molecule has 3 atom stereocenters. The molecule has 17 heteroatoms. The van der Waals surface area contributed by atoms with Crippen molar-refractivity contribution in [2.45, 2.75) is 37.4 Å². The van der Waals surface area contributed by atoms with Gasteiger partial charge >= 0.3 is 0 Å². The number of aryl methyl sites for hydroxylation is 2. The molecule has 2 aromatic carbocycles. The van der Waals surface area contributed by atoms with Gasteiger partial charge in [-0.25, -0.2) is 9.37 Å². The maximum atomic E-state index is 16.0. The lowest BCUT2D eigenvalue weighted by Crippen LogP contribution is -2.52. The summed E-state index contributed by atoms with van der Waals surface area (Å²) in [6.07, 6.45) is 1.39. The molecule has 2 unspecified atom stereocenters. The number of carbonyl (C=O) groups is 3. The molecule has 3 N–H and O–H groups in total. The van der Waals surface area contributed by atoms with E-state index in [0.29, 0.717) is 53.4 Å². The van der Waals surface area contributed by atoms with E-state index in [2.05, 4.69) is 31.0 Å². The lowest BCUT2D eigenvalue weighted by Gasteiger charge is -2.40. The van der Waals surface area contributed by atoms with Gasteiger partial charge in [0.1, 0.15) is 11.2 Å². The molecule has 0 saturated carbocycles. The lowest BCUT2D eigenvalue weighted by molar-refractivity contribution is -0.134. The molecule has 5 aromatic rings. The number of fused-ring (bicyclic) bond motifs is 2. The molecule has 276 valence electrons. The van der Waals surface area contributed by atoms with Gasteiger partial charge in [0.2, 0.25) is 17.8 Å². The van der Waals surface area contributed by atoms with E-state index in [9.17, 15) is 19.2 Å².